The zero-order valence-corrected chi connectivity index (χ0v) is 10.8. The van der Waals surface area contributed by atoms with E-state index in [9.17, 15) is 0 Å². The Labute approximate surface area is 111 Å². The Balaban J connectivity index is 2.26. The summed E-state index contributed by atoms with van der Waals surface area (Å²) < 4.78 is 2.29. The van der Waals surface area contributed by atoms with Crippen LogP contribution >= 0.6 is 12.2 Å². The summed E-state index contributed by atoms with van der Waals surface area (Å²) in [6.07, 6.45) is 0. The van der Waals surface area contributed by atoms with Crippen LogP contribution in [0, 0.1) is 6.92 Å². The Morgan fingerprint density at radius 3 is 2.56 bits per heavy atom. The minimum Gasteiger partial charge on any atom is -0.307 e. The van der Waals surface area contributed by atoms with Gasteiger partial charge in [0, 0.05) is 10.9 Å². The van der Waals surface area contributed by atoms with Gasteiger partial charge in [0.25, 0.3) is 0 Å². The predicted octanol–water partition coefficient (Wildman–Crippen LogP) is 4.02. The molecule has 0 amide bonds. The maximum absolute atomic E-state index is 5.64. The van der Waals surface area contributed by atoms with Crippen LogP contribution in [0.25, 0.3) is 16.6 Å². The third-order valence-corrected chi connectivity index (χ3v) is 4.15. The average molecular weight is 249 g/mol. The molecule has 1 aromatic heterocycles. The van der Waals surface area contributed by atoms with Gasteiger partial charge in [-0.1, -0.05) is 48.6 Å². The fraction of sp³-hybridized carbons (Fsp3) is 0.0625. The SMILES string of the molecule is Cc1c2n(c3ccccc13)-c1ccccc1C2=S. The number of benzene rings is 2. The Kier molecular flexibility index (Phi) is 1.84. The highest BCUT2D eigenvalue weighted by Crippen LogP contribution is 2.37. The van der Waals surface area contributed by atoms with Gasteiger partial charge in [0.2, 0.25) is 0 Å². The number of nitrogens with zero attached hydrogens (tertiary/aromatic N) is 1. The monoisotopic (exact) mass is 249 g/mol. The summed E-state index contributed by atoms with van der Waals surface area (Å²) in [7, 11) is 0. The summed E-state index contributed by atoms with van der Waals surface area (Å²) in [6, 6.07) is 16.9. The predicted molar refractivity (Wildman–Crippen MR) is 78.8 cm³/mol. The highest BCUT2D eigenvalue weighted by molar-refractivity contribution is 7.81. The molecule has 0 aliphatic carbocycles. The van der Waals surface area contributed by atoms with Gasteiger partial charge < -0.3 is 4.57 Å². The topological polar surface area (TPSA) is 4.93 Å². The first-order chi connectivity index (χ1) is 8.79. The van der Waals surface area contributed by atoms with Gasteiger partial charge in [-0.25, -0.2) is 0 Å². The van der Waals surface area contributed by atoms with Gasteiger partial charge in [-0.15, -0.1) is 0 Å². The van der Waals surface area contributed by atoms with E-state index in [4.69, 9.17) is 12.2 Å². The zero-order chi connectivity index (χ0) is 12.3. The second-order valence-corrected chi connectivity index (χ2v) is 5.08. The third kappa shape index (κ3) is 1.04. The summed E-state index contributed by atoms with van der Waals surface area (Å²) in [5.74, 6) is 0. The van der Waals surface area contributed by atoms with Crippen molar-refractivity contribution in [2.75, 3.05) is 0 Å². The standard InChI is InChI=1S/C16H11NS/c1-10-11-6-2-4-8-13(11)17-14-9-5-3-7-12(14)16(18)15(10)17/h2-9H,1H3. The van der Waals surface area contributed by atoms with E-state index in [0.29, 0.717) is 0 Å². The molecule has 18 heavy (non-hydrogen) atoms. The van der Waals surface area contributed by atoms with E-state index in [2.05, 4.69) is 60.0 Å². The van der Waals surface area contributed by atoms with Crippen LogP contribution in [0.2, 0.25) is 0 Å². The lowest BCUT2D eigenvalue weighted by Gasteiger charge is -2.03. The molecule has 2 heteroatoms. The number of hydrogen-bond acceptors (Lipinski definition) is 1. The van der Waals surface area contributed by atoms with Crippen LogP contribution in [0.3, 0.4) is 0 Å². The van der Waals surface area contributed by atoms with E-state index >= 15 is 0 Å². The van der Waals surface area contributed by atoms with Crippen LogP contribution in [0.1, 0.15) is 16.8 Å². The van der Waals surface area contributed by atoms with Gasteiger partial charge in [-0.05, 0) is 24.6 Å². The average Bonchev–Trinajstić information content (AvgIpc) is 2.87. The fourth-order valence-corrected chi connectivity index (χ4v) is 3.33. The number of hydrogen-bond donors (Lipinski definition) is 0. The molecular weight excluding hydrogens is 238 g/mol. The van der Waals surface area contributed by atoms with E-state index < -0.39 is 0 Å². The maximum Gasteiger partial charge on any atom is 0.0714 e. The van der Waals surface area contributed by atoms with E-state index in [0.717, 1.165) is 4.86 Å². The third-order valence-electron chi connectivity index (χ3n) is 3.73. The van der Waals surface area contributed by atoms with E-state index in [-0.39, 0.29) is 0 Å². The molecule has 3 aromatic rings. The summed E-state index contributed by atoms with van der Waals surface area (Å²) in [5, 5.41) is 1.30. The maximum atomic E-state index is 5.64. The van der Waals surface area contributed by atoms with Crippen molar-refractivity contribution in [2.45, 2.75) is 6.92 Å². The van der Waals surface area contributed by atoms with Crippen LogP contribution in [-0.4, -0.2) is 9.43 Å². The molecule has 86 valence electrons. The van der Waals surface area contributed by atoms with Crippen molar-refractivity contribution in [3.63, 3.8) is 0 Å². The quantitative estimate of drug-likeness (QED) is 0.426. The first-order valence-electron chi connectivity index (χ1n) is 6.03. The van der Waals surface area contributed by atoms with E-state index in [1.165, 1.54) is 33.4 Å². The van der Waals surface area contributed by atoms with Gasteiger partial charge in [-0.3, -0.25) is 0 Å². The molecule has 0 atom stereocenters. The lowest BCUT2D eigenvalue weighted by atomic mass is 10.1. The minimum atomic E-state index is 0.972. The molecule has 0 saturated heterocycles. The zero-order valence-electron chi connectivity index (χ0n) is 9.97. The molecule has 1 aliphatic rings. The molecule has 2 heterocycles. The first-order valence-corrected chi connectivity index (χ1v) is 6.44. The Hall–Kier alpha value is -1.93. The van der Waals surface area contributed by atoms with Gasteiger partial charge in [0.15, 0.2) is 0 Å². The highest BCUT2D eigenvalue weighted by atomic mass is 32.1. The molecule has 0 bridgehead atoms. The lowest BCUT2D eigenvalue weighted by molar-refractivity contribution is 1.13. The number of para-hydroxylation sites is 2. The number of rotatable bonds is 0. The van der Waals surface area contributed by atoms with Crippen molar-refractivity contribution < 1.29 is 0 Å². The number of aromatic nitrogens is 1. The van der Waals surface area contributed by atoms with Crippen molar-refractivity contribution in [3.8, 4) is 5.69 Å². The molecule has 0 unspecified atom stereocenters. The van der Waals surface area contributed by atoms with Crippen LogP contribution in [-0.2, 0) is 0 Å². The number of fused-ring (bicyclic) bond motifs is 5. The lowest BCUT2D eigenvalue weighted by Crippen LogP contribution is -1.95. The summed E-state index contributed by atoms with van der Waals surface area (Å²) in [4.78, 5) is 0.972. The fourth-order valence-electron chi connectivity index (χ4n) is 2.91. The van der Waals surface area contributed by atoms with Crippen LogP contribution in [0.5, 0.6) is 0 Å². The van der Waals surface area contributed by atoms with Gasteiger partial charge in [0.1, 0.15) is 0 Å². The van der Waals surface area contributed by atoms with Crippen molar-refractivity contribution in [1.29, 1.82) is 0 Å². The normalized spacial score (nSPS) is 12.8. The van der Waals surface area contributed by atoms with Crippen LogP contribution < -0.4 is 0 Å². The van der Waals surface area contributed by atoms with Gasteiger partial charge >= 0.3 is 0 Å². The summed E-state index contributed by atoms with van der Waals surface area (Å²) in [5.41, 5.74) is 6.11. The van der Waals surface area contributed by atoms with Gasteiger partial charge in [0.05, 0.1) is 21.8 Å². The molecule has 0 fully saturated rings. The van der Waals surface area contributed by atoms with E-state index in [1.807, 2.05) is 0 Å². The van der Waals surface area contributed by atoms with E-state index in [1.54, 1.807) is 0 Å². The molecule has 0 spiro atoms. The van der Waals surface area contributed by atoms with Crippen molar-refractivity contribution in [3.05, 3.63) is 65.4 Å². The molecule has 2 aromatic carbocycles. The highest BCUT2D eigenvalue weighted by Gasteiger charge is 2.27. The largest absolute Gasteiger partial charge is 0.307 e. The molecule has 0 N–H and O–H groups in total. The first kappa shape index (κ1) is 10.0. The molecule has 1 aliphatic heterocycles. The minimum absolute atomic E-state index is 0.972. The second kappa shape index (κ2) is 3.30. The molecule has 4 rings (SSSR count). The Morgan fingerprint density at radius 2 is 1.67 bits per heavy atom. The summed E-state index contributed by atoms with van der Waals surface area (Å²) in [6.45, 7) is 2.16. The Bertz CT molecular complexity index is 811. The van der Waals surface area contributed by atoms with Gasteiger partial charge in [-0.2, -0.15) is 0 Å². The number of thiocarbonyl (C=S) groups is 1. The smallest absolute Gasteiger partial charge is 0.0714 e. The summed E-state index contributed by atoms with van der Waals surface area (Å²) >= 11 is 5.64. The molecule has 1 nitrogen and oxygen atoms in total. The molecular formula is C16H11NS. The van der Waals surface area contributed by atoms with Crippen LogP contribution in [0.15, 0.2) is 48.5 Å². The van der Waals surface area contributed by atoms with Crippen molar-refractivity contribution in [2.24, 2.45) is 0 Å². The Morgan fingerprint density at radius 1 is 0.944 bits per heavy atom. The van der Waals surface area contributed by atoms with Crippen molar-refractivity contribution in [1.82, 2.24) is 4.57 Å². The molecule has 0 radical (unpaired) electrons. The second-order valence-electron chi connectivity index (χ2n) is 4.67. The number of aryl methyl sites for hydroxylation is 1. The van der Waals surface area contributed by atoms with Crippen LogP contribution in [0.4, 0.5) is 0 Å². The van der Waals surface area contributed by atoms with Crippen molar-refractivity contribution >= 4 is 28.0 Å². The molecule has 0 saturated carbocycles.